The summed E-state index contributed by atoms with van der Waals surface area (Å²) in [6, 6.07) is 5.43. The molecule has 1 aliphatic heterocycles. The summed E-state index contributed by atoms with van der Waals surface area (Å²) in [4.78, 5) is 1.55. The molecule has 1 aromatic carbocycles. The van der Waals surface area contributed by atoms with E-state index in [1.807, 2.05) is 0 Å². The summed E-state index contributed by atoms with van der Waals surface area (Å²) in [6.07, 6.45) is -3.48. The minimum atomic E-state index is -1.35. The van der Waals surface area contributed by atoms with Crippen LogP contribution in [0.5, 0.6) is 0 Å². The van der Waals surface area contributed by atoms with Crippen LogP contribution in [0.1, 0.15) is 5.56 Å². The zero-order chi connectivity index (χ0) is 14.7. The molecule has 20 heavy (non-hydrogen) atoms. The Morgan fingerprint density at radius 1 is 1.15 bits per heavy atom. The molecule has 0 bridgehead atoms. The second-order valence-electron chi connectivity index (χ2n) is 5.11. The van der Waals surface area contributed by atoms with E-state index in [-0.39, 0.29) is 12.4 Å². The molecule has 2 rings (SSSR count). The third kappa shape index (κ3) is 3.15. The van der Waals surface area contributed by atoms with Crippen LogP contribution in [0.2, 0.25) is 0 Å². The Hall–Kier alpha value is -1.08. The first-order valence-corrected chi connectivity index (χ1v) is 6.62. The van der Waals surface area contributed by atoms with Crippen molar-refractivity contribution >= 4 is 0 Å². The second kappa shape index (κ2) is 6.58. The number of benzene rings is 1. The Morgan fingerprint density at radius 3 is 2.50 bits per heavy atom. The highest BCUT2D eigenvalue weighted by Gasteiger charge is 2.41. The number of nitrogens with zero attached hydrogens (tertiary/aromatic N) is 1. The summed E-state index contributed by atoms with van der Waals surface area (Å²) < 4.78 is 26.5. The number of likely N-dealkylation sites (tertiary alicyclic amines) is 1. The number of hydrogen-bond acceptors (Lipinski definition) is 4. The summed E-state index contributed by atoms with van der Waals surface area (Å²) in [5.41, 5.74) is 0.500. The Balaban J connectivity index is 2.02. The van der Waals surface area contributed by atoms with Gasteiger partial charge in [0, 0.05) is 13.1 Å². The number of aliphatic hydroxyl groups is 3. The first-order valence-electron chi connectivity index (χ1n) is 6.62. The van der Waals surface area contributed by atoms with Crippen molar-refractivity contribution in [3.05, 3.63) is 35.6 Å². The van der Waals surface area contributed by atoms with Crippen molar-refractivity contribution in [2.24, 2.45) is 0 Å². The molecule has 1 heterocycles. The van der Waals surface area contributed by atoms with Gasteiger partial charge in [-0.3, -0.25) is 4.90 Å². The highest BCUT2D eigenvalue weighted by Crippen LogP contribution is 2.20. The molecular weight excluding hydrogens is 268 g/mol. The van der Waals surface area contributed by atoms with E-state index in [1.165, 1.54) is 6.07 Å². The summed E-state index contributed by atoms with van der Waals surface area (Å²) >= 11 is 0. The molecule has 112 valence electrons. The van der Waals surface area contributed by atoms with Gasteiger partial charge in [0.05, 0.1) is 12.1 Å². The lowest BCUT2D eigenvalue weighted by Gasteiger charge is -2.42. The van der Waals surface area contributed by atoms with Crippen molar-refractivity contribution in [3.63, 3.8) is 0 Å². The predicted octanol–water partition coefficient (Wildman–Crippen LogP) is 0.105. The van der Waals surface area contributed by atoms with E-state index < -0.39 is 31.0 Å². The molecule has 0 aromatic heterocycles. The number of halogens is 2. The van der Waals surface area contributed by atoms with Gasteiger partial charge in [-0.05, 0) is 18.1 Å². The molecule has 6 heteroatoms. The topological polar surface area (TPSA) is 63.9 Å². The highest BCUT2D eigenvalue weighted by atomic mass is 19.1. The molecule has 0 spiro atoms. The molecule has 0 unspecified atom stereocenters. The average Bonchev–Trinajstić information content (AvgIpc) is 2.44. The average molecular weight is 287 g/mol. The largest absolute Gasteiger partial charge is 0.389 e. The molecule has 1 saturated heterocycles. The van der Waals surface area contributed by atoms with Crippen molar-refractivity contribution < 1.29 is 24.1 Å². The van der Waals surface area contributed by atoms with Gasteiger partial charge in [-0.25, -0.2) is 8.78 Å². The van der Waals surface area contributed by atoms with Crippen LogP contribution in [0.4, 0.5) is 8.78 Å². The van der Waals surface area contributed by atoms with Crippen LogP contribution in [0, 0.1) is 5.82 Å². The maximum Gasteiger partial charge on any atom is 0.126 e. The van der Waals surface area contributed by atoms with E-state index in [0.29, 0.717) is 18.5 Å². The number of hydrogen-bond donors (Lipinski definition) is 3. The number of aliphatic hydroxyl groups excluding tert-OH is 3. The third-order valence-electron chi connectivity index (χ3n) is 3.81. The zero-order valence-corrected chi connectivity index (χ0v) is 11.0. The standard InChI is InChI=1S/C14H19F2NO3/c15-7-11-13(19)14(20)12(18)8-17(11)6-5-9-3-1-2-4-10(9)16/h1-4,11-14,18-20H,5-8H2/t11-,12-,13+,14+/m0/s1. The Kier molecular flexibility index (Phi) is 5.04. The third-order valence-corrected chi connectivity index (χ3v) is 3.81. The number of piperidine rings is 1. The molecule has 3 N–H and O–H groups in total. The lowest BCUT2D eigenvalue weighted by molar-refractivity contribution is -0.140. The van der Waals surface area contributed by atoms with E-state index in [2.05, 4.69) is 0 Å². The first kappa shape index (κ1) is 15.3. The quantitative estimate of drug-likeness (QED) is 0.735. The van der Waals surface area contributed by atoms with Gasteiger partial charge in [-0.15, -0.1) is 0 Å². The van der Waals surface area contributed by atoms with E-state index in [1.54, 1.807) is 23.1 Å². The van der Waals surface area contributed by atoms with Crippen LogP contribution >= 0.6 is 0 Å². The van der Waals surface area contributed by atoms with Crippen molar-refractivity contribution in [1.29, 1.82) is 0 Å². The van der Waals surface area contributed by atoms with Crippen molar-refractivity contribution in [2.45, 2.75) is 30.8 Å². The van der Waals surface area contributed by atoms with E-state index in [4.69, 9.17) is 0 Å². The molecule has 0 radical (unpaired) electrons. The molecule has 1 aliphatic rings. The minimum absolute atomic E-state index is 0.0568. The van der Waals surface area contributed by atoms with Gasteiger partial charge in [0.25, 0.3) is 0 Å². The van der Waals surface area contributed by atoms with Crippen LogP contribution in [-0.4, -0.2) is 64.3 Å². The minimum Gasteiger partial charge on any atom is -0.389 e. The monoisotopic (exact) mass is 287 g/mol. The second-order valence-corrected chi connectivity index (χ2v) is 5.11. The van der Waals surface area contributed by atoms with Gasteiger partial charge in [-0.1, -0.05) is 18.2 Å². The van der Waals surface area contributed by atoms with E-state index in [0.717, 1.165) is 0 Å². The molecule has 0 amide bonds. The fourth-order valence-corrected chi connectivity index (χ4v) is 2.57. The van der Waals surface area contributed by atoms with Crippen molar-refractivity contribution in [2.75, 3.05) is 19.8 Å². The van der Waals surface area contributed by atoms with Crippen LogP contribution < -0.4 is 0 Å². The van der Waals surface area contributed by atoms with Crippen LogP contribution in [0.25, 0.3) is 0 Å². The number of rotatable bonds is 4. The van der Waals surface area contributed by atoms with Gasteiger partial charge in [0.2, 0.25) is 0 Å². The fourth-order valence-electron chi connectivity index (χ4n) is 2.57. The maximum atomic E-state index is 13.5. The number of alkyl halides is 1. The van der Waals surface area contributed by atoms with Crippen molar-refractivity contribution in [1.82, 2.24) is 4.90 Å². The highest BCUT2D eigenvalue weighted by molar-refractivity contribution is 5.17. The van der Waals surface area contributed by atoms with Gasteiger partial charge in [0.15, 0.2) is 0 Å². The SMILES string of the molecule is O[C@H]1[C@H](O)[C@H](CF)N(CCc2ccccc2F)C[C@@H]1O. The van der Waals surface area contributed by atoms with Crippen LogP contribution in [0.3, 0.4) is 0 Å². The molecular formula is C14H19F2NO3. The van der Waals surface area contributed by atoms with Crippen molar-refractivity contribution in [3.8, 4) is 0 Å². The molecule has 0 aliphatic carbocycles. The summed E-state index contributed by atoms with van der Waals surface area (Å²) in [7, 11) is 0. The molecule has 0 saturated carbocycles. The van der Waals surface area contributed by atoms with Gasteiger partial charge in [0.1, 0.15) is 24.7 Å². The predicted molar refractivity (Wildman–Crippen MR) is 69.5 cm³/mol. The Morgan fingerprint density at radius 2 is 1.85 bits per heavy atom. The maximum absolute atomic E-state index is 13.5. The van der Waals surface area contributed by atoms with Crippen LogP contribution in [0.15, 0.2) is 24.3 Å². The normalized spacial score (nSPS) is 31.4. The molecule has 1 fully saturated rings. The summed E-state index contributed by atoms with van der Waals surface area (Å²) in [6.45, 7) is -0.472. The van der Waals surface area contributed by atoms with Crippen LogP contribution in [-0.2, 0) is 6.42 Å². The lowest BCUT2D eigenvalue weighted by atomic mass is 9.94. The van der Waals surface area contributed by atoms with Gasteiger partial charge < -0.3 is 15.3 Å². The van der Waals surface area contributed by atoms with E-state index in [9.17, 15) is 24.1 Å². The molecule has 4 atom stereocenters. The van der Waals surface area contributed by atoms with Gasteiger partial charge >= 0.3 is 0 Å². The zero-order valence-electron chi connectivity index (χ0n) is 11.0. The number of β-amino-alcohol motifs (C(OH)–C–C–N with tert-alkyl or cyclic N) is 1. The molecule has 4 nitrogen and oxygen atoms in total. The Bertz CT molecular complexity index is 446. The Labute approximate surface area is 116 Å². The van der Waals surface area contributed by atoms with Gasteiger partial charge in [-0.2, -0.15) is 0 Å². The fraction of sp³-hybridized carbons (Fsp3) is 0.571. The molecule has 1 aromatic rings. The first-order chi connectivity index (χ1) is 9.54. The lowest BCUT2D eigenvalue weighted by Crippen LogP contribution is -2.62. The summed E-state index contributed by atoms with van der Waals surface area (Å²) in [5.74, 6) is -0.331. The van der Waals surface area contributed by atoms with E-state index >= 15 is 0 Å². The summed E-state index contributed by atoms with van der Waals surface area (Å²) in [5, 5.41) is 28.9. The smallest absolute Gasteiger partial charge is 0.126 e.